The number of hydrogen-bond acceptors (Lipinski definition) is 2. The van der Waals surface area contributed by atoms with Gasteiger partial charge in [0.1, 0.15) is 5.82 Å². The van der Waals surface area contributed by atoms with Crippen molar-refractivity contribution in [2.75, 3.05) is 11.1 Å². The molecule has 1 amide bonds. The van der Waals surface area contributed by atoms with E-state index < -0.39 is 11.7 Å². The van der Waals surface area contributed by atoms with Crippen LogP contribution >= 0.6 is 27.5 Å². The fourth-order valence-electron chi connectivity index (χ4n) is 1.48. The molecule has 0 unspecified atom stereocenters. The van der Waals surface area contributed by atoms with Crippen molar-refractivity contribution in [2.45, 2.75) is 0 Å². The Morgan fingerprint density at radius 1 is 1.26 bits per heavy atom. The van der Waals surface area contributed by atoms with Gasteiger partial charge in [0.2, 0.25) is 0 Å². The summed E-state index contributed by atoms with van der Waals surface area (Å²) in [5.41, 5.74) is 6.94. The number of hydrogen-bond donors (Lipinski definition) is 2. The zero-order valence-electron chi connectivity index (χ0n) is 9.58. The summed E-state index contributed by atoms with van der Waals surface area (Å²) >= 11 is 8.90. The summed E-state index contributed by atoms with van der Waals surface area (Å²) in [5, 5.41) is 2.53. The van der Waals surface area contributed by atoms with E-state index in [-0.39, 0.29) is 10.6 Å². The van der Waals surface area contributed by atoms with Gasteiger partial charge in [-0.05, 0) is 36.4 Å². The summed E-state index contributed by atoms with van der Waals surface area (Å²) in [5.74, 6) is -0.975. The summed E-state index contributed by atoms with van der Waals surface area (Å²) in [6, 6.07) is 8.86. The molecule has 0 aromatic heterocycles. The van der Waals surface area contributed by atoms with Crippen molar-refractivity contribution in [1.82, 2.24) is 0 Å². The monoisotopic (exact) mass is 342 g/mol. The van der Waals surface area contributed by atoms with Crippen LogP contribution < -0.4 is 11.1 Å². The summed E-state index contributed by atoms with van der Waals surface area (Å²) in [6.07, 6.45) is 0. The van der Waals surface area contributed by atoms with Crippen molar-refractivity contribution in [1.29, 1.82) is 0 Å². The van der Waals surface area contributed by atoms with E-state index in [0.717, 1.165) is 10.5 Å². The predicted molar refractivity (Wildman–Crippen MR) is 77.9 cm³/mol. The molecule has 0 aliphatic heterocycles. The number of carbonyl (C=O) groups excluding carboxylic acids is 1. The minimum Gasteiger partial charge on any atom is -0.397 e. The first-order valence-corrected chi connectivity index (χ1v) is 6.46. The Kier molecular flexibility index (Phi) is 4.07. The highest BCUT2D eigenvalue weighted by molar-refractivity contribution is 9.10. The Morgan fingerprint density at radius 2 is 2.00 bits per heavy atom. The average molecular weight is 344 g/mol. The summed E-state index contributed by atoms with van der Waals surface area (Å²) in [4.78, 5) is 12.0. The van der Waals surface area contributed by atoms with Crippen molar-refractivity contribution < 1.29 is 9.18 Å². The van der Waals surface area contributed by atoms with Gasteiger partial charge in [-0.1, -0.05) is 27.5 Å². The lowest BCUT2D eigenvalue weighted by Crippen LogP contribution is -2.13. The maximum atomic E-state index is 13.0. The van der Waals surface area contributed by atoms with Gasteiger partial charge in [0.15, 0.2) is 0 Å². The second kappa shape index (κ2) is 5.59. The second-order valence-corrected chi connectivity index (χ2v) is 5.14. The number of carbonyl (C=O) groups is 1. The van der Waals surface area contributed by atoms with Gasteiger partial charge < -0.3 is 11.1 Å². The number of rotatable bonds is 2. The number of nitrogens with one attached hydrogen (secondary N) is 1. The van der Waals surface area contributed by atoms with Gasteiger partial charge in [-0.3, -0.25) is 4.79 Å². The van der Waals surface area contributed by atoms with Crippen molar-refractivity contribution in [3.05, 3.63) is 57.3 Å². The molecule has 0 atom stereocenters. The third-order valence-electron chi connectivity index (χ3n) is 2.44. The highest BCUT2D eigenvalue weighted by Crippen LogP contribution is 2.24. The minimum absolute atomic E-state index is 0.101. The molecule has 0 radical (unpaired) electrons. The van der Waals surface area contributed by atoms with Crippen LogP contribution in [0, 0.1) is 5.82 Å². The summed E-state index contributed by atoms with van der Waals surface area (Å²) in [7, 11) is 0. The molecule has 0 spiro atoms. The van der Waals surface area contributed by atoms with Crippen LogP contribution in [0.2, 0.25) is 5.02 Å². The molecule has 19 heavy (non-hydrogen) atoms. The number of anilines is 2. The largest absolute Gasteiger partial charge is 0.397 e. The smallest absolute Gasteiger partial charge is 0.255 e. The van der Waals surface area contributed by atoms with E-state index in [4.69, 9.17) is 17.3 Å². The van der Waals surface area contributed by atoms with E-state index in [1.54, 1.807) is 18.2 Å². The van der Waals surface area contributed by atoms with Gasteiger partial charge in [0.25, 0.3) is 5.91 Å². The van der Waals surface area contributed by atoms with E-state index in [0.29, 0.717) is 11.4 Å². The first-order valence-electron chi connectivity index (χ1n) is 5.29. The molecule has 3 N–H and O–H groups in total. The van der Waals surface area contributed by atoms with Crippen LogP contribution in [0.15, 0.2) is 40.9 Å². The van der Waals surface area contributed by atoms with Crippen LogP contribution in [0.1, 0.15) is 10.4 Å². The molecule has 0 saturated heterocycles. The topological polar surface area (TPSA) is 55.1 Å². The molecule has 0 fully saturated rings. The Hall–Kier alpha value is -1.59. The number of halogens is 3. The predicted octanol–water partition coefficient (Wildman–Crippen LogP) is 4.08. The van der Waals surface area contributed by atoms with Crippen LogP contribution in [-0.2, 0) is 0 Å². The molecular weight excluding hydrogens is 335 g/mol. The zero-order chi connectivity index (χ0) is 14.0. The van der Waals surface area contributed by atoms with Gasteiger partial charge >= 0.3 is 0 Å². The molecule has 2 aromatic carbocycles. The third kappa shape index (κ3) is 3.24. The molecule has 2 aromatic rings. The van der Waals surface area contributed by atoms with Crippen LogP contribution in [-0.4, -0.2) is 5.91 Å². The molecule has 0 aliphatic carbocycles. The standard InChI is InChI=1S/C13H9BrClFN2O/c14-8-2-4-12(11(17)6-8)18-13(19)7-1-3-10(16)9(15)5-7/h1-6H,17H2,(H,18,19). The lowest BCUT2D eigenvalue weighted by molar-refractivity contribution is 0.102. The zero-order valence-corrected chi connectivity index (χ0v) is 11.9. The van der Waals surface area contributed by atoms with Crippen LogP contribution in [0.5, 0.6) is 0 Å². The van der Waals surface area contributed by atoms with Gasteiger partial charge in [0.05, 0.1) is 16.4 Å². The lowest BCUT2D eigenvalue weighted by atomic mass is 10.2. The fourth-order valence-corrected chi connectivity index (χ4v) is 2.04. The molecule has 98 valence electrons. The van der Waals surface area contributed by atoms with Crippen molar-refractivity contribution >= 4 is 44.8 Å². The molecule has 0 heterocycles. The third-order valence-corrected chi connectivity index (χ3v) is 3.23. The molecule has 0 aliphatic rings. The summed E-state index contributed by atoms with van der Waals surface area (Å²) in [6.45, 7) is 0. The molecule has 0 saturated carbocycles. The first-order chi connectivity index (χ1) is 8.97. The van der Waals surface area contributed by atoms with E-state index >= 15 is 0 Å². The Balaban J connectivity index is 2.23. The van der Waals surface area contributed by atoms with Crippen molar-refractivity contribution in [3.63, 3.8) is 0 Å². The van der Waals surface area contributed by atoms with Crippen LogP contribution in [0.4, 0.5) is 15.8 Å². The normalized spacial score (nSPS) is 10.3. The average Bonchev–Trinajstić information content (AvgIpc) is 2.36. The van der Waals surface area contributed by atoms with E-state index in [9.17, 15) is 9.18 Å². The number of nitrogens with two attached hydrogens (primary N) is 1. The molecule has 3 nitrogen and oxygen atoms in total. The van der Waals surface area contributed by atoms with E-state index in [2.05, 4.69) is 21.2 Å². The fraction of sp³-hybridized carbons (Fsp3) is 0. The Morgan fingerprint density at radius 3 is 2.63 bits per heavy atom. The minimum atomic E-state index is -0.568. The highest BCUT2D eigenvalue weighted by atomic mass is 79.9. The van der Waals surface area contributed by atoms with Gasteiger partial charge in [-0.2, -0.15) is 0 Å². The maximum Gasteiger partial charge on any atom is 0.255 e. The van der Waals surface area contributed by atoms with E-state index in [1.165, 1.54) is 12.1 Å². The van der Waals surface area contributed by atoms with Crippen LogP contribution in [0.25, 0.3) is 0 Å². The van der Waals surface area contributed by atoms with E-state index in [1.807, 2.05) is 0 Å². The maximum absolute atomic E-state index is 13.0. The van der Waals surface area contributed by atoms with Crippen LogP contribution in [0.3, 0.4) is 0 Å². The lowest BCUT2D eigenvalue weighted by Gasteiger charge is -2.09. The molecule has 2 rings (SSSR count). The quantitative estimate of drug-likeness (QED) is 0.807. The van der Waals surface area contributed by atoms with Gasteiger partial charge in [-0.15, -0.1) is 0 Å². The van der Waals surface area contributed by atoms with Gasteiger partial charge in [0, 0.05) is 10.0 Å². The number of amides is 1. The molecule has 6 heteroatoms. The summed E-state index contributed by atoms with van der Waals surface area (Å²) < 4.78 is 13.8. The van der Waals surface area contributed by atoms with Crippen molar-refractivity contribution in [2.24, 2.45) is 0 Å². The number of benzene rings is 2. The number of nitrogen functional groups attached to an aromatic ring is 1. The van der Waals surface area contributed by atoms with Crippen molar-refractivity contribution in [3.8, 4) is 0 Å². The Bertz CT molecular complexity index is 649. The molecular formula is C13H9BrClFN2O. The first kappa shape index (κ1) is 13.8. The molecule has 0 bridgehead atoms. The highest BCUT2D eigenvalue weighted by Gasteiger charge is 2.10. The second-order valence-electron chi connectivity index (χ2n) is 3.81. The van der Waals surface area contributed by atoms with Gasteiger partial charge in [-0.25, -0.2) is 4.39 Å². The SMILES string of the molecule is Nc1cc(Br)ccc1NC(=O)c1ccc(F)c(Cl)c1. The Labute approximate surface area is 122 Å².